The lowest BCUT2D eigenvalue weighted by Gasteiger charge is -2.34. The molecule has 1 saturated heterocycles. The third-order valence-corrected chi connectivity index (χ3v) is 7.01. The summed E-state index contributed by atoms with van der Waals surface area (Å²) in [6, 6.07) is 12.5. The number of thiazole rings is 1. The number of hydrogen-bond acceptors (Lipinski definition) is 7. The van der Waals surface area contributed by atoms with Crippen LogP contribution in [0.25, 0.3) is 0 Å². The van der Waals surface area contributed by atoms with Crippen LogP contribution in [-0.2, 0) is 11.2 Å². The average molecular weight is 456 g/mol. The van der Waals surface area contributed by atoms with Gasteiger partial charge in [-0.2, -0.15) is 0 Å². The van der Waals surface area contributed by atoms with Gasteiger partial charge in [0.05, 0.1) is 24.1 Å². The summed E-state index contributed by atoms with van der Waals surface area (Å²) in [7, 11) is 0. The monoisotopic (exact) mass is 455 g/mol. The van der Waals surface area contributed by atoms with Crippen molar-refractivity contribution in [2.45, 2.75) is 10.8 Å². The summed E-state index contributed by atoms with van der Waals surface area (Å²) in [6.45, 7) is 1.93. The summed E-state index contributed by atoms with van der Waals surface area (Å²) in [6.07, 6.45) is 1.70. The van der Waals surface area contributed by atoms with E-state index in [-0.39, 0.29) is 24.0 Å². The molecule has 0 saturated carbocycles. The maximum atomic E-state index is 12.6. The van der Waals surface area contributed by atoms with Gasteiger partial charge in [-0.05, 0) is 12.1 Å². The smallest absolute Gasteiger partial charge is 0.289 e. The molecule has 0 unspecified atom stereocenters. The van der Waals surface area contributed by atoms with Gasteiger partial charge in [-0.1, -0.05) is 42.1 Å². The minimum absolute atomic E-state index is 0.00712. The van der Waals surface area contributed by atoms with Crippen LogP contribution in [0.5, 0.6) is 0 Å². The number of benzene rings is 1. The zero-order valence-corrected chi connectivity index (χ0v) is 18.4. The second-order valence-corrected chi connectivity index (χ2v) is 9.09. The number of carbonyl (C=O) groups is 3. The number of amides is 2. The van der Waals surface area contributed by atoms with Crippen molar-refractivity contribution in [2.75, 3.05) is 31.9 Å². The topological polar surface area (TPSA) is 83.7 Å². The molecular formula is C22H21N3O4S2. The van der Waals surface area contributed by atoms with Crippen molar-refractivity contribution in [3.63, 3.8) is 0 Å². The molecule has 1 fully saturated rings. The average Bonchev–Trinajstić information content (AvgIpc) is 3.50. The Morgan fingerprint density at radius 1 is 1.00 bits per heavy atom. The molecular weight excluding hydrogens is 434 g/mol. The number of Topliss-reactive ketones (excluding diaryl/α,β-unsaturated/α-hetero) is 1. The number of piperazine rings is 1. The van der Waals surface area contributed by atoms with E-state index in [0.717, 1.165) is 4.34 Å². The first-order chi connectivity index (χ1) is 15.1. The fourth-order valence-electron chi connectivity index (χ4n) is 3.25. The van der Waals surface area contributed by atoms with Crippen molar-refractivity contribution < 1.29 is 18.8 Å². The van der Waals surface area contributed by atoms with E-state index in [9.17, 15) is 14.4 Å². The summed E-state index contributed by atoms with van der Waals surface area (Å²) in [4.78, 5) is 45.1. The lowest BCUT2D eigenvalue weighted by atomic mass is 10.2. The second-order valence-electron chi connectivity index (χ2n) is 7.01. The number of aromatic nitrogens is 1. The fraction of sp³-hybridized carbons (Fsp3) is 0.273. The number of rotatable bonds is 7. The van der Waals surface area contributed by atoms with Crippen LogP contribution in [0.15, 0.2) is 62.9 Å². The molecule has 0 radical (unpaired) electrons. The summed E-state index contributed by atoms with van der Waals surface area (Å²) < 4.78 is 5.94. The van der Waals surface area contributed by atoms with Crippen molar-refractivity contribution in [1.29, 1.82) is 0 Å². The van der Waals surface area contributed by atoms with Crippen LogP contribution in [0, 0.1) is 0 Å². The Morgan fingerprint density at radius 2 is 1.74 bits per heavy atom. The Labute approximate surface area is 188 Å². The lowest BCUT2D eigenvalue weighted by molar-refractivity contribution is -0.132. The summed E-state index contributed by atoms with van der Waals surface area (Å²) in [5.41, 5.74) is 1.39. The Bertz CT molecular complexity index is 1040. The summed E-state index contributed by atoms with van der Waals surface area (Å²) in [5.74, 6) is 0.533. The number of carbonyl (C=O) groups excluding carboxylic acids is 3. The molecule has 31 heavy (non-hydrogen) atoms. The first kappa shape index (κ1) is 21.3. The van der Waals surface area contributed by atoms with Gasteiger partial charge in [0.25, 0.3) is 5.91 Å². The van der Waals surface area contributed by atoms with Crippen LogP contribution < -0.4 is 0 Å². The van der Waals surface area contributed by atoms with Crippen molar-refractivity contribution in [3.05, 3.63) is 71.1 Å². The van der Waals surface area contributed by atoms with E-state index < -0.39 is 0 Å². The fourth-order valence-corrected chi connectivity index (χ4v) is 4.99. The predicted octanol–water partition coefficient (Wildman–Crippen LogP) is 3.24. The molecule has 1 aliphatic rings. The molecule has 3 aromatic rings. The minimum Gasteiger partial charge on any atom is -0.459 e. The van der Waals surface area contributed by atoms with Gasteiger partial charge in [-0.3, -0.25) is 14.4 Å². The molecule has 1 aromatic carbocycles. The largest absolute Gasteiger partial charge is 0.459 e. The quantitative estimate of drug-likeness (QED) is 0.402. The molecule has 0 aliphatic carbocycles. The van der Waals surface area contributed by atoms with Crippen LogP contribution in [0.2, 0.25) is 0 Å². The van der Waals surface area contributed by atoms with E-state index in [1.54, 1.807) is 34.1 Å². The number of furan rings is 1. The van der Waals surface area contributed by atoms with Crippen LogP contribution in [0.1, 0.15) is 26.6 Å². The first-order valence-corrected chi connectivity index (χ1v) is 11.7. The Morgan fingerprint density at radius 3 is 2.45 bits per heavy atom. The van der Waals surface area contributed by atoms with Gasteiger partial charge in [0.2, 0.25) is 5.91 Å². The van der Waals surface area contributed by atoms with E-state index in [1.165, 1.54) is 29.4 Å². The van der Waals surface area contributed by atoms with Crippen LogP contribution in [-0.4, -0.2) is 64.3 Å². The summed E-state index contributed by atoms with van der Waals surface area (Å²) in [5, 5.41) is 1.86. The summed E-state index contributed by atoms with van der Waals surface area (Å²) >= 11 is 2.83. The number of nitrogens with zero attached hydrogens (tertiary/aromatic N) is 3. The Balaban J connectivity index is 1.24. The van der Waals surface area contributed by atoms with E-state index in [4.69, 9.17) is 4.42 Å². The molecule has 160 valence electrons. The van der Waals surface area contributed by atoms with Gasteiger partial charge in [0.1, 0.15) is 0 Å². The third kappa shape index (κ3) is 5.42. The van der Waals surface area contributed by atoms with Crippen molar-refractivity contribution in [1.82, 2.24) is 14.8 Å². The van der Waals surface area contributed by atoms with Crippen molar-refractivity contribution in [2.24, 2.45) is 0 Å². The van der Waals surface area contributed by atoms with Gasteiger partial charge in [-0.15, -0.1) is 11.3 Å². The zero-order chi connectivity index (χ0) is 21.6. The van der Waals surface area contributed by atoms with Gasteiger partial charge < -0.3 is 14.2 Å². The van der Waals surface area contributed by atoms with Crippen LogP contribution in [0.3, 0.4) is 0 Å². The van der Waals surface area contributed by atoms with Crippen LogP contribution >= 0.6 is 23.1 Å². The normalized spacial score (nSPS) is 13.9. The number of hydrogen-bond donors (Lipinski definition) is 0. The molecule has 3 heterocycles. The lowest BCUT2D eigenvalue weighted by Crippen LogP contribution is -2.50. The third-order valence-electron chi connectivity index (χ3n) is 4.94. The highest BCUT2D eigenvalue weighted by atomic mass is 32.2. The van der Waals surface area contributed by atoms with Gasteiger partial charge in [0, 0.05) is 37.1 Å². The molecule has 0 atom stereocenters. The predicted molar refractivity (Wildman–Crippen MR) is 119 cm³/mol. The maximum absolute atomic E-state index is 12.6. The standard InChI is InChI=1S/C22H21N3O4S2/c26-18(16-5-2-1-3-6-16)15-31-22-23-17(14-30-22)13-20(27)24-8-10-25(11-9-24)21(28)19-7-4-12-29-19/h1-7,12,14H,8-11,13,15H2. The van der Waals surface area contributed by atoms with E-state index >= 15 is 0 Å². The molecule has 7 nitrogen and oxygen atoms in total. The SMILES string of the molecule is O=C(CSc1nc(CC(=O)N2CCN(C(=O)c3ccco3)CC2)cs1)c1ccccc1. The van der Waals surface area contributed by atoms with Crippen molar-refractivity contribution >= 4 is 40.7 Å². The highest BCUT2D eigenvalue weighted by Crippen LogP contribution is 2.24. The maximum Gasteiger partial charge on any atom is 0.289 e. The molecule has 1 aliphatic heterocycles. The van der Waals surface area contributed by atoms with Gasteiger partial charge in [0.15, 0.2) is 15.9 Å². The minimum atomic E-state index is -0.150. The Kier molecular flexibility index (Phi) is 6.83. The van der Waals surface area contributed by atoms with E-state index in [1.807, 2.05) is 23.6 Å². The Hall–Kier alpha value is -2.91. The number of ketones is 1. The molecule has 0 N–H and O–H groups in total. The first-order valence-electron chi connectivity index (χ1n) is 9.86. The molecule has 2 aromatic heterocycles. The molecule has 0 bridgehead atoms. The molecule has 2 amide bonds. The molecule has 9 heteroatoms. The van der Waals surface area contributed by atoms with E-state index in [0.29, 0.717) is 48.9 Å². The van der Waals surface area contributed by atoms with Gasteiger partial charge in [-0.25, -0.2) is 4.98 Å². The highest BCUT2D eigenvalue weighted by molar-refractivity contribution is 8.01. The zero-order valence-electron chi connectivity index (χ0n) is 16.7. The molecule has 0 spiro atoms. The number of thioether (sulfide) groups is 1. The van der Waals surface area contributed by atoms with E-state index in [2.05, 4.69) is 4.98 Å². The second kappa shape index (κ2) is 9.93. The van der Waals surface area contributed by atoms with Crippen molar-refractivity contribution in [3.8, 4) is 0 Å². The van der Waals surface area contributed by atoms with Crippen LogP contribution in [0.4, 0.5) is 0 Å². The molecule has 4 rings (SSSR count). The highest BCUT2D eigenvalue weighted by Gasteiger charge is 2.26. The van der Waals surface area contributed by atoms with Gasteiger partial charge >= 0.3 is 0 Å².